The molecule has 0 atom stereocenters. The van der Waals surface area contributed by atoms with Gasteiger partial charge in [0.1, 0.15) is 11.5 Å². The molecule has 0 radical (unpaired) electrons. The zero-order chi connectivity index (χ0) is 20.5. The van der Waals surface area contributed by atoms with E-state index < -0.39 is 0 Å². The van der Waals surface area contributed by atoms with E-state index >= 15 is 0 Å². The molecule has 150 valence electrons. The van der Waals surface area contributed by atoms with Crippen LogP contribution in [-0.4, -0.2) is 10.2 Å². The second-order valence-corrected chi connectivity index (χ2v) is 5.96. The summed E-state index contributed by atoms with van der Waals surface area (Å²) in [6, 6.07) is 34.5. The van der Waals surface area contributed by atoms with Crippen molar-refractivity contribution < 1.29 is 36.4 Å². The van der Waals surface area contributed by atoms with Crippen LogP contribution in [-0.2, 0) is 39.0 Å². The first-order valence-electron chi connectivity index (χ1n) is 9.54. The molecule has 0 aliphatic heterocycles. The van der Waals surface area contributed by atoms with Gasteiger partial charge in [0, 0.05) is 0 Å². The molecule has 0 saturated heterocycles. The monoisotopic (exact) mass is 464 g/mol. The predicted molar refractivity (Wildman–Crippen MR) is 119 cm³/mol. The van der Waals surface area contributed by atoms with E-state index in [2.05, 4.69) is 13.8 Å². The third kappa shape index (κ3) is 14.3. The fourth-order valence-electron chi connectivity index (χ4n) is 2.10. The van der Waals surface area contributed by atoms with E-state index in [1.165, 1.54) is 11.1 Å². The first-order valence-corrected chi connectivity index (χ1v) is 9.54. The Morgan fingerprint density at radius 1 is 0.552 bits per heavy atom. The van der Waals surface area contributed by atoms with Gasteiger partial charge in [-0.05, 0) is 48.2 Å². The van der Waals surface area contributed by atoms with Crippen LogP contribution >= 0.6 is 0 Å². The minimum absolute atomic E-state index is 0. The van der Waals surface area contributed by atoms with Gasteiger partial charge in [0.05, 0.1) is 0 Å². The van der Waals surface area contributed by atoms with Crippen molar-refractivity contribution >= 4 is 0 Å². The molecule has 0 bridgehead atoms. The fourth-order valence-corrected chi connectivity index (χ4v) is 2.10. The van der Waals surface area contributed by atoms with Crippen molar-refractivity contribution in [2.24, 2.45) is 0 Å². The van der Waals surface area contributed by atoms with E-state index in [-0.39, 0.29) is 26.2 Å². The average molecular weight is 466 g/mol. The Morgan fingerprint density at radius 2 is 0.828 bits per heavy atom. The Balaban J connectivity index is 0.000000369. The van der Waals surface area contributed by atoms with Gasteiger partial charge in [-0.1, -0.05) is 38.1 Å². The number of benzene rings is 2. The van der Waals surface area contributed by atoms with Gasteiger partial charge >= 0.3 is 26.2 Å². The van der Waals surface area contributed by atoms with E-state index in [9.17, 15) is 0 Å². The van der Waals surface area contributed by atoms with Gasteiger partial charge in [-0.3, -0.25) is 0 Å². The Labute approximate surface area is 194 Å². The van der Waals surface area contributed by atoms with Crippen LogP contribution in [0.3, 0.4) is 0 Å². The summed E-state index contributed by atoms with van der Waals surface area (Å²) in [6.45, 7) is 4.18. The van der Waals surface area contributed by atoms with Gasteiger partial charge in [-0.15, -0.1) is 0 Å². The van der Waals surface area contributed by atoms with Crippen LogP contribution in [0.4, 0.5) is 0 Å². The van der Waals surface area contributed by atoms with E-state index in [1.807, 2.05) is 84.9 Å². The van der Waals surface area contributed by atoms with Crippen LogP contribution in [0.1, 0.15) is 25.0 Å². The zero-order valence-electron chi connectivity index (χ0n) is 17.2. The molecule has 0 fully saturated rings. The summed E-state index contributed by atoms with van der Waals surface area (Å²) in [5.41, 5.74) is 2.51. The number of aromatic hydroxyl groups is 2. The van der Waals surface area contributed by atoms with Crippen molar-refractivity contribution in [2.75, 3.05) is 0 Å². The quantitative estimate of drug-likeness (QED) is 0.323. The van der Waals surface area contributed by atoms with E-state index in [4.69, 9.17) is 10.2 Å². The normalized spacial score (nSPS) is 8.62. The van der Waals surface area contributed by atoms with Gasteiger partial charge < -0.3 is 10.2 Å². The smallest absolute Gasteiger partial charge is 0.508 e. The molecule has 0 aliphatic rings. The van der Waals surface area contributed by atoms with E-state index in [0.29, 0.717) is 11.5 Å². The summed E-state index contributed by atoms with van der Waals surface area (Å²) < 4.78 is 0. The average Bonchev–Trinajstić information content (AvgIpc) is 3.48. The summed E-state index contributed by atoms with van der Waals surface area (Å²) in [5, 5.41) is 17.7. The third-order valence-electron chi connectivity index (χ3n) is 3.80. The summed E-state index contributed by atoms with van der Waals surface area (Å²) >= 11 is 0. The molecule has 29 heavy (non-hydrogen) atoms. The van der Waals surface area contributed by atoms with Gasteiger partial charge in [-0.25, -0.2) is 24.3 Å². The van der Waals surface area contributed by atoms with Crippen molar-refractivity contribution in [2.45, 2.75) is 26.7 Å². The van der Waals surface area contributed by atoms with Gasteiger partial charge in [0.25, 0.3) is 0 Å². The number of phenols is 2. The Bertz CT molecular complexity index is 681. The van der Waals surface area contributed by atoms with Gasteiger partial charge in [0.2, 0.25) is 0 Å². The maximum absolute atomic E-state index is 8.85. The first-order chi connectivity index (χ1) is 13.7. The summed E-state index contributed by atoms with van der Waals surface area (Å²) in [4.78, 5) is 0. The Hall–Kier alpha value is -2.38. The van der Waals surface area contributed by atoms with E-state index in [0.717, 1.165) is 12.8 Å². The van der Waals surface area contributed by atoms with Crippen LogP contribution in [0.15, 0.2) is 109 Å². The molecule has 0 aliphatic carbocycles. The molecule has 2 N–H and O–H groups in total. The molecule has 0 saturated carbocycles. The molecule has 4 aromatic carbocycles. The van der Waals surface area contributed by atoms with Crippen LogP contribution in [0, 0.1) is 0 Å². The molecule has 0 unspecified atom stereocenters. The molecule has 4 rings (SSSR count). The SMILES string of the molecule is CCc1ccc(O)cc1.CCc1ccc(O)cc1.[Zr+2].c1cc[cH-]c1.c1cc[cH-]c1. The van der Waals surface area contributed by atoms with Crippen LogP contribution in [0.25, 0.3) is 0 Å². The molecule has 4 aromatic rings. The topological polar surface area (TPSA) is 40.5 Å². The number of phenolic OH excluding ortho intramolecular Hbond substituents is 2. The van der Waals surface area contributed by atoms with Crippen molar-refractivity contribution in [3.05, 3.63) is 120 Å². The van der Waals surface area contributed by atoms with Gasteiger partial charge in [-0.2, -0.15) is 36.4 Å². The summed E-state index contributed by atoms with van der Waals surface area (Å²) in [7, 11) is 0. The molecule has 2 nitrogen and oxygen atoms in total. The third-order valence-corrected chi connectivity index (χ3v) is 3.80. The van der Waals surface area contributed by atoms with Crippen molar-refractivity contribution in [3.63, 3.8) is 0 Å². The molecular formula is C26H30O2Zr. The fraction of sp³-hybridized carbons (Fsp3) is 0.154. The first kappa shape index (κ1) is 26.6. The van der Waals surface area contributed by atoms with Crippen molar-refractivity contribution in [3.8, 4) is 11.5 Å². The van der Waals surface area contributed by atoms with Crippen LogP contribution in [0.5, 0.6) is 11.5 Å². The Morgan fingerprint density at radius 3 is 1.00 bits per heavy atom. The van der Waals surface area contributed by atoms with Crippen molar-refractivity contribution in [1.29, 1.82) is 0 Å². The number of hydrogen-bond donors (Lipinski definition) is 2. The van der Waals surface area contributed by atoms with E-state index in [1.54, 1.807) is 24.3 Å². The van der Waals surface area contributed by atoms with Crippen LogP contribution in [0.2, 0.25) is 0 Å². The molecule has 0 heterocycles. The maximum atomic E-state index is 8.85. The summed E-state index contributed by atoms with van der Waals surface area (Å²) in [5.74, 6) is 0.680. The minimum atomic E-state index is 0. The van der Waals surface area contributed by atoms with Crippen LogP contribution < -0.4 is 0 Å². The molecular weight excluding hydrogens is 436 g/mol. The zero-order valence-corrected chi connectivity index (χ0v) is 19.7. The minimum Gasteiger partial charge on any atom is -0.508 e. The second-order valence-electron chi connectivity index (χ2n) is 5.96. The number of hydrogen-bond acceptors (Lipinski definition) is 2. The second kappa shape index (κ2) is 17.7. The largest absolute Gasteiger partial charge is 2.00 e. The predicted octanol–water partition coefficient (Wildman–Crippen LogP) is 6.72. The molecule has 0 amide bonds. The number of aryl methyl sites for hydroxylation is 2. The van der Waals surface area contributed by atoms with Crippen molar-refractivity contribution in [1.82, 2.24) is 0 Å². The molecule has 0 aromatic heterocycles. The number of rotatable bonds is 2. The Kier molecular flexibility index (Phi) is 16.3. The maximum Gasteiger partial charge on any atom is 2.00 e. The molecule has 3 heteroatoms. The molecule has 0 spiro atoms. The standard InChI is InChI=1S/2C8H10O.2C5H5.Zr/c2*1-2-7-3-5-8(9)6-4-7;2*1-2-4-5-3-1;/h2*3-6,9H,2H2,1H3;2*1-5H;/q;;2*-1;+2. The summed E-state index contributed by atoms with van der Waals surface area (Å²) in [6.07, 6.45) is 2.06. The van der Waals surface area contributed by atoms with Gasteiger partial charge in [0.15, 0.2) is 0 Å².